The Bertz CT molecular complexity index is 1120. The minimum Gasteiger partial charge on any atom is -0.338 e. The molecule has 0 unspecified atom stereocenters. The van der Waals surface area contributed by atoms with E-state index >= 15 is 0 Å². The predicted molar refractivity (Wildman–Crippen MR) is 122 cm³/mol. The average molecular weight is 450 g/mol. The average Bonchev–Trinajstić information content (AvgIpc) is 3.52. The van der Waals surface area contributed by atoms with Gasteiger partial charge in [0, 0.05) is 50.1 Å². The van der Waals surface area contributed by atoms with Gasteiger partial charge in [-0.2, -0.15) is 5.10 Å². The zero-order chi connectivity index (χ0) is 22.8. The van der Waals surface area contributed by atoms with Gasteiger partial charge in [-0.15, -0.1) is 0 Å². The van der Waals surface area contributed by atoms with E-state index in [0.717, 1.165) is 24.2 Å². The van der Waals surface area contributed by atoms with Gasteiger partial charge in [0.15, 0.2) is 5.82 Å². The summed E-state index contributed by atoms with van der Waals surface area (Å²) in [4.78, 5) is 30.6. The molecular weight excluding hydrogens is 421 g/mol. The van der Waals surface area contributed by atoms with Gasteiger partial charge in [-0.05, 0) is 49.6 Å². The highest BCUT2D eigenvalue weighted by Crippen LogP contribution is 2.34. The van der Waals surface area contributed by atoms with Crippen molar-refractivity contribution in [1.82, 2.24) is 29.6 Å². The summed E-state index contributed by atoms with van der Waals surface area (Å²) in [6.07, 6.45) is 7.92. The number of nitrogens with zero attached hydrogens (tertiary/aromatic N) is 7. The van der Waals surface area contributed by atoms with E-state index in [0.29, 0.717) is 49.4 Å². The van der Waals surface area contributed by atoms with E-state index in [1.54, 1.807) is 42.2 Å². The monoisotopic (exact) mass is 449 g/mol. The molecule has 172 valence electrons. The molecule has 0 atom stereocenters. The lowest BCUT2D eigenvalue weighted by Gasteiger charge is -2.34. The van der Waals surface area contributed by atoms with Crippen molar-refractivity contribution in [2.24, 2.45) is 0 Å². The van der Waals surface area contributed by atoms with Crippen molar-refractivity contribution in [3.05, 3.63) is 53.9 Å². The summed E-state index contributed by atoms with van der Waals surface area (Å²) < 4.78 is 15.5. The molecule has 1 saturated heterocycles. The van der Waals surface area contributed by atoms with Crippen molar-refractivity contribution in [2.75, 3.05) is 31.1 Å². The van der Waals surface area contributed by atoms with E-state index in [2.05, 4.69) is 14.9 Å². The molecule has 0 radical (unpaired) electrons. The van der Waals surface area contributed by atoms with Crippen LogP contribution in [0.1, 0.15) is 43.0 Å². The first kappa shape index (κ1) is 21.5. The number of aromatic nitrogens is 5. The quantitative estimate of drug-likeness (QED) is 0.595. The van der Waals surface area contributed by atoms with Crippen LogP contribution in [-0.2, 0) is 11.3 Å². The number of rotatable bonds is 5. The SMILES string of the molecule is Cc1cc(-c2nc(C3CCCC3)n(CC(=O)N3CCN(c4ncccn4)CC3)n2)ccc1F. The van der Waals surface area contributed by atoms with Crippen LogP contribution >= 0.6 is 0 Å². The van der Waals surface area contributed by atoms with E-state index in [4.69, 9.17) is 10.1 Å². The maximum absolute atomic E-state index is 13.8. The number of anilines is 1. The standard InChI is InChI=1S/C24H28FN7O/c1-17-15-19(7-8-20(17)25)22-28-23(18-5-2-3-6-18)32(29-22)16-21(33)30-11-13-31(14-12-30)24-26-9-4-10-27-24/h4,7-10,15,18H,2-3,5-6,11-14,16H2,1H3. The molecule has 8 nitrogen and oxygen atoms in total. The number of hydrogen-bond donors (Lipinski definition) is 0. The Hall–Kier alpha value is -3.36. The fourth-order valence-corrected chi connectivity index (χ4v) is 4.70. The molecule has 3 aromatic rings. The molecule has 9 heteroatoms. The molecule has 2 aromatic heterocycles. The molecule has 1 amide bonds. The summed E-state index contributed by atoms with van der Waals surface area (Å²) in [5, 5.41) is 4.70. The Labute approximate surface area is 192 Å². The fraction of sp³-hybridized carbons (Fsp3) is 0.458. The molecule has 5 rings (SSSR count). The van der Waals surface area contributed by atoms with E-state index in [9.17, 15) is 9.18 Å². The van der Waals surface area contributed by atoms with Crippen molar-refractivity contribution in [3.8, 4) is 11.4 Å². The highest BCUT2D eigenvalue weighted by atomic mass is 19.1. The summed E-state index contributed by atoms with van der Waals surface area (Å²) in [6, 6.07) is 6.71. The van der Waals surface area contributed by atoms with Crippen LogP contribution in [-0.4, -0.2) is 61.7 Å². The van der Waals surface area contributed by atoms with Crippen molar-refractivity contribution in [3.63, 3.8) is 0 Å². The first-order chi connectivity index (χ1) is 16.1. The minimum atomic E-state index is -0.246. The Balaban J connectivity index is 1.32. The predicted octanol–water partition coefficient (Wildman–Crippen LogP) is 3.19. The van der Waals surface area contributed by atoms with E-state index in [1.807, 2.05) is 4.90 Å². The van der Waals surface area contributed by atoms with Gasteiger partial charge in [0.1, 0.15) is 18.2 Å². The second kappa shape index (κ2) is 9.25. The summed E-state index contributed by atoms with van der Waals surface area (Å²) in [5.41, 5.74) is 1.33. The molecule has 1 aliphatic heterocycles. The largest absolute Gasteiger partial charge is 0.338 e. The van der Waals surface area contributed by atoms with Gasteiger partial charge in [-0.3, -0.25) is 4.79 Å². The van der Waals surface area contributed by atoms with Gasteiger partial charge in [0.25, 0.3) is 0 Å². The maximum atomic E-state index is 13.8. The number of amides is 1. The molecule has 0 spiro atoms. The molecule has 0 N–H and O–H groups in total. The number of benzene rings is 1. The smallest absolute Gasteiger partial charge is 0.244 e. The third-order valence-electron chi connectivity index (χ3n) is 6.59. The molecule has 1 aliphatic carbocycles. The normalized spacial score (nSPS) is 17.0. The number of aryl methyl sites for hydroxylation is 1. The summed E-state index contributed by atoms with van der Waals surface area (Å²) >= 11 is 0. The van der Waals surface area contributed by atoms with Crippen molar-refractivity contribution < 1.29 is 9.18 Å². The van der Waals surface area contributed by atoms with Crippen LogP contribution in [0.5, 0.6) is 0 Å². The Kier molecular flexibility index (Phi) is 6.02. The second-order valence-electron chi connectivity index (χ2n) is 8.81. The van der Waals surface area contributed by atoms with E-state index in [-0.39, 0.29) is 18.3 Å². The first-order valence-electron chi connectivity index (χ1n) is 11.6. The molecule has 0 bridgehead atoms. The lowest BCUT2D eigenvalue weighted by Crippen LogP contribution is -2.50. The highest BCUT2D eigenvalue weighted by molar-refractivity contribution is 5.76. The zero-order valence-electron chi connectivity index (χ0n) is 18.8. The topological polar surface area (TPSA) is 80.0 Å². The van der Waals surface area contributed by atoms with Crippen LogP contribution in [0.25, 0.3) is 11.4 Å². The zero-order valence-corrected chi connectivity index (χ0v) is 18.8. The van der Waals surface area contributed by atoms with Crippen molar-refractivity contribution in [1.29, 1.82) is 0 Å². The summed E-state index contributed by atoms with van der Waals surface area (Å²) in [6.45, 7) is 4.53. The number of carbonyl (C=O) groups is 1. The van der Waals surface area contributed by atoms with Gasteiger partial charge in [-0.1, -0.05) is 12.8 Å². The lowest BCUT2D eigenvalue weighted by molar-refractivity contribution is -0.132. The minimum absolute atomic E-state index is 0.0367. The van der Waals surface area contributed by atoms with Crippen LogP contribution in [0.2, 0.25) is 0 Å². The van der Waals surface area contributed by atoms with Crippen molar-refractivity contribution >= 4 is 11.9 Å². The Morgan fingerprint density at radius 2 is 1.82 bits per heavy atom. The molecule has 33 heavy (non-hydrogen) atoms. The molecule has 1 aromatic carbocycles. The van der Waals surface area contributed by atoms with Crippen LogP contribution in [0.15, 0.2) is 36.7 Å². The first-order valence-corrected chi connectivity index (χ1v) is 11.6. The summed E-state index contributed by atoms with van der Waals surface area (Å²) in [5.74, 6) is 2.23. The van der Waals surface area contributed by atoms with E-state index in [1.165, 1.54) is 18.9 Å². The molecule has 3 heterocycles. The molecule has 2 aliphatic rings. The Morgan fingerprint density at radius 3 is 2.52 bits per heavy atom. The van der Waals surface area contributed by atoms with Crippen LogP contribution in [0.3, 0.4) is 0 Å². The number of hydrogen-bond acceptors (Lipinski definition) is 6. The third kappa shape index (κ3) is 4.58. The second-order valence-corrected chi connectivity index (χ2v) is 8.81. The maximum Gasteiger partial charge on any atom is 0.244 e. The summed E-state index contributed by atoms with van der Waals surface area (Å²) in [7, 11) is 0. The van der Waals surface area contributed by atoms with Gasteiger partial charge in [0.05, 0.1) is 0 Å². The fourth-order valence-electron chi connectivity index (χ4n) is 4.70. The van der Waals surface area contributed by atoms with Crippen LogP contribution < -0.4 is 4.90 Å². The lowest BCUT2D eigenvalue weighted by atomic mass is 10.1. The van der Waals surface area contributed by atoms with Crippen molar-refractivity contribution in [2.45, 2.75) is 45.1 Å². The highest BCUT2D eigenvalue weighted by Gasteiger charge is 2.28. The van der Waals surface area contributed by atoms with Crippen LogP contribution in [0.4, 0.5) is 10.3 Å². The molecule has 1 saturated carbocycles. The van der Waals surface area contributed by atoms with E-state index < -0.39 is 0 Å². The number of carbonyl (C=O) groups excluding carboxylic acids is 1. The molecular formula is C24H28FN7O. The van der Waals surface area contributed by atoms with Gasteiger partial charge in [-0.25, -0.2) is 24.0 Å². The van der Waals surface area contributed by atoms with Gasteiger partial charge in [0.2, 0.25) is 11.9 Å². The van der Waals surface area contributed by atoms with Gasteiger partial charge >= 0.3 is 0 Å². The third-order valence-corrected chi connectivity index (χ3v) is 6.59. The number of halogens is 1. The molecule has 2 fully saturated rings. The Morgan fingerprint density at radius 1 is 1.09 bits per heavy atom. The van der Waals surface area contributed by atoms with Crippen LogP contribution in [0, 0.1) is 12.7 Å². The number of piperazine rings is 1. The van der Waals surface area contributed by atoms with Gasteiger partial charge < -0.3 is 9.80 Å².